The van der Waals surface area contributed by atoms with Crippen molar-refractivity contribution in [2.75, 3.05) is 26.8 Å². The van der Waals surface area contributed by atoms with E-state index in [2.05, 4.69) is 51.2 Å². The van der Waals surface area contributed by atoms with E-state index in [1.807, 2.05) is 25.7 Å². The number of methoxy groups -OCH3 is 1. The van der Waals surface area contributed by atoms with Crippen LogP contribution in [-0.2, 0) is 33.3 Å². The van der Waals surface area contributed by atoms with Crippen LogP contribution in [0.5, 0.6) is 0 Å². The standard InChI is InChI=1S/C29H48N2O5Si/c1-28(2,3)35-27(32)31-17-14-21(15-18-31)10-13-25-23-12-11-22(16-19-33-7)24(26(23)36-30-25)20-34-37(8,9)29(4,5)6/h11-12,21H,10,13-20H2,1-9H3. The van der Waals surface area contributed by atoms with E-state index in [4.69, 9.17) is 18.4 Å². The van der Waals surface area contributed by atoms with Gasteiger partial charge in [0.25, 0.3) is 0 Å². The Labute approximate surface area is 224 Å². The summed E-state index contributed by atoms with van der Waals surface area (Å²) in [5.74, 6) is 0.563. The number of hydrogen-bond donors (Lipinski definition) is 0. The summed E-state index contributed by atoms with van der Waals surface area (Å²) >= 11 is 0. The highest BCUT2D eigenvalue weighted by Gasteiger charge is 2.37. The summed E-state index contributed by atoms with van der Waals surface area (Å²) < 4.78 is 23.5. The molecule has 0 N–H and O–H groups in total. The molecule has 1 saturated heterocycles. The number of fused-ring (bicyclic) bond motifs is 1. The largest absolute Gasteiger partial charge is 0.444 e. The average molecular weight is 533 g/mol. The molecule has 1 amide bonds. The van der Waals surface area contributed by atoms with Crippen LogP contribution in [0.15, 0.2) is 16.7 Å². The summed E-state index contributed by atoms with van der Waals surface area (Å²) in [5.41, 5.74) is 3.70. The van der Waals surface area contributed by atoms with Crippen molar-refractivity contribution in [3.63, 3.8) is 0 Å². The molecule has 0 saturated carbocycles. The fraction of sp³-hybridized carbons (Fsp3) is 0.724. The third kappa shape index (κ3) is 7.80. The minimum Gasteiger partial charge on any atom is -0.444 e. The monoisotopic (exact) mass is 532 g/mol. The summed E-state index contributed by atoms with van der Waals surface area (Å²) in [5, 5.41) is 5.73. The lowest BCUT2D eigenvalue weighted by molar-refractivity contribution is 0.0181. The number of aromatic nitrogens is 1. The predicted molar refractivity (Wildman–Crippen MR) is 150 cm³/mol. The number of ether oxygens (including phenoxy) is 2. The minimum atomic E-state index is -1.92. The van der Waals surface area contributed by atoms with Gasteiger partial charge in [-0.2, -0.15) is 0 Å². The Bertz CT molecular complexity index is 1040. The molecule has 0 radical (unpaired) electrons. The number of aryl methyl sites for hydroxylation is 1. The van der Waals surface area contributed by atoms with Gasteiger partial charge in [-0.1, -0.05) is 32.0 Å². The fourth-order valence-electron chi connectivity index (χ4n) is 4.48. The van der Waals surface area contributed by atoms with Gasteiger partial charge in [0.15, 0.2) is 13.9 Å². The third-order valence-electron chi connectivity index (χ3n) is 7.93. The predicted octanol–water partition coefficient (Wildman–Crippen LogP) is 7.12. The second kappa shape index (κ2) is 11.9. The molecule has 1 aliphatic heterocycles. The van der Waals surface area contributed by atoms with Gasteiger partial charge in [0.2, 0.25) is 0 Å². The van der Waals surface area contributed by atoms with Crippen molar-refractivity contribution in [3.05, 3.63) is 29.0 Å². The molecular weight excluding hydrogens is 484 g/mol. The molecule has 208 valence electrons. The summed E-state index contributed by atoms with van der Waals surface area (Å²) in [6, 6.07) is 4.33. The maximum Gasteiger partial charge on any atom is 0.410 e. The first-order chi connectivity index (χ1) is 17.2. The number of likely N-dealkylation sites (tertiary alicyclic amines) is 1. The highest BCUT2D eigenvalue weighted by Crippen LogP contribution is 2.38. The summed E-state index contributed by atoms with van der Waals surface area (Å²) in [6.07, 6.45) is 4.48. The Morgan fingerprint density at radius 2 is 1.78 bits per heavy atom. The number of hydrogen-bond acceptors (Lipinski definition) is 6. The Balaban J connectivity index is 1.68. The van der Waals surface area contributed by atoms with Crippen LogP contribution < -0.4 is 0 Å². The molecule has 1 aromatic heterocycles. The van der Waals surface area contributed by atoms with Crippen LogP contribution in [0.25, 0.3) is 11.0 Å². The SMILES string of the molecule is COCCc1ccc2c(CCC3CCN(C(=O)OC(C)(C)C)CC3)noc2c1CO[Si](C)(C)C(C)(C)C. The molecule has 1 aromatic carbocycles. The van der Waals surface area contributed by atoms with Gasteiger partial charge in [-0.05, 0) is 88.6 Å². The second-order valence-corrected chi connectivity index (χ2v) is 17.8. The van der Waals surface area contributed by atoms with Gasteiger partial charge in [0.05, 0.1) is 18.9 Å². The van der Waals surface area contributed by atoms with Crippen molar-refractivity contribution in [2.24, 2.45) is 5.92 Å². The second-order valence-electron chi connectivity index (χ2n) is 13.0. The van der Waals surface area contributed by atoms with Crippen LogP contribution in [0.2, 0.25) is 18.1 Å². The van der Waals surface area contributed by atoms with E-state index >= 15 is 0 Å². The summed E-state index contributed by atoms with van der Waals surface area (Å²) in [7, 11) is -0.187. The topological polar surface area (TPSA) is 74.0 Å². The number of amides is 1. The van der Waals surface area contributed by atoms with Crippen molar-refractivity contribution >= 4 is 25.4 Å². The normalized spacial score (nSPS) is 16.0. The Morgan fingerprint density at radius 3 is 2.38 bits per heavy atom. The van der Waals surface area contributed by atoms with E-state index in [-0.39, 0.29) is 11.1 Å². The van der Waals surface area contributed by atoms with Gasteiger partial charge in [-0.15, -0.1) is 0 Å². The van der Waals surface area contributed by atoms with Crippen LogP contribution in [-0.4, -0.2) is 56.9 Å². The molecule has 2 aromatic rings. The van der Waals surface area contributed by atoms with Gasteiger partial charge in [-0.25, -0.2) is 4.79 Å². The number of rotatable bonds is 9. The lowest BCUT2D eigenvalue weighted by Gasteiger charge is -2.36. The quantitative estimate of drug-likeness (QED) is 0.320. The Kier molecular flexibility index (Phi) is 9.51. The molecule has 2 heterocycles. The van der Waals surface area contributed by atoms with Crippen molar-refractivity contribution in [2.45, 2.75) is 104 Å². The summed E-state index contributed by atoms with van der Waals surface area (Å²) in [6.45, 7) is 19.7. The molecule has 1 fully saturated rings. The highest BCUT2D eigenvalue weighted by atomic mass is 28.4. The van der Waals surface area contributed by atoms with Crippen LogP contribution >= 0.6 is 0 Å². The van der Waals surface area contributed by atoms with E-state index < -0.39 is 13.9 Å². The van der Waals surface area contributed by atoms with Crippen LogP contribution in [0, 0.1) is 5.92 Å². The molecule has 7 nitrogen and oxygen atoms in total. The van der Waals surface area contributed by atoms with Gasteiger partial charge < -0.3 is 23.3 Å². The van der Waals surface area contributed by atoms with Crippen LogP contribution in [0.3, 0.4) is 0 Å². The minimum absolute atomic E-state index is 0.138. The van der Waals surface area contributed by atoms with Crippen molar-refractivity contribution < 1.29 is 23.2 Å². The fourth-order valence-corrected chi connectivity index (χ4v) is 5.41. The number of carbonyl (C=O) groups is 1. The first-order valence-electron chi connectivity index (χ1n) is 13.7. The van der Waals surface area contributed by atoms with Crippen molar-refractivity contribution in [1.82, 2.24) is 10.1 Å². The van der Waals surface area contributed by atoms with Crippen molar-refractivity contribution in [1.29, 1.82) is 0 Å². The maximum absolute atomic E-state index is 12.4. The van der Waals surface area contributed by atoms with Gasteiger partial charge >= 0.3 is 6.09 Å². The molecule has 37 heavy (non-hydrogen) atoms. The van der Waals surface area contributed by atoms with Gasteiger partial charge in [0, 0.05) is 31.1 Å². The molecule has 0 atom stereocenters. The van der Waals surface area contributed by atoms with E-state index in [1.165, 1.54) is 5.56 Å². The molecular formula is C29H48N2O5Si. The first kappa shape index (κ1) is 29.6. The zero-order valence-corrected chi connectivity index (χ0v) is 25.5. The zero-order valence-electron chi connectivity index (χ0n) is 24.5. The Hall–Kier alpha value is -1.90. The molecule has 3 rings (SSSR count). The number of piperidine rings is 1. The lowest BCUT2D eigenvalue weighted by atomic mass is 9.91. The summed E-state index contributed by atoms with van der Waals surface area (Å²) in [4.78, 5) is 14.2. The van der Waals surface area contributed by atoms with Crippen molar-refractivity contribution in [3.8, 4) is 0 Å². The van der Waals surface area contributed by atoms with Gasteiger partial charge in [-0.3, -0.25) is 0 Å². The van der Waals surface area contributed by atoms with Crippen LogP contribution in [0.1, 0.15) is 77.6 Å². The van der Waals surface area contributed by atoms with Gasteiger partial charge in [0.1, 0.15) is 5.60 Å². The van der Waals surface area contributed by atoms with E-state index in [0.717, 1.165) is 67.4 Å². The van der Waals surface area contributed by atoms with E-state index in [0.29, 0.717) is 19.1 Å². The Morgan fingerprint density at radius 1 is 1.11 bits per heavy atom. The molecule has 0 bridgehead atoms. The average Bonchev–Trinajstić information content (AvgIpc) is 3.22. The number of nitrogens with zero attached hydrogens (tertiary/aromatic N) is 2. The highest BCUT2D eigenvalue weighted by molar-refractivity contribution is 6.74. The zero-order chi connectivity index (χ0) is 27.4. The smallest absolute Gasteiger partial charge is 0.410 e. The number of carbonyl (C=O) groups excluding carboxylic acids is 1. The van der Waals surface area contributed by atoms with E-state index in [9.17, 15) is 4.79 Å². The van der Waals surface area contributed by atoms with Crippen LogP contribution in [0.4, 0.5) is 4.79 Å². The number of benzene rings is 1. The molecule has 0 unspecified atom stereocenters. The molecule has 1 aliphatic rings. The molecule has 0 aliphatic carbocycles. The third-order valence-corrected chi connectivity index (χ3v) is 12.4. The molecule has 0 spiro atoms. The maximum atomic E-state index is 12.4. The lowest BCUT2D eigenvalue weighted by Crippen LogP contribution is -2.41. The molecule has 8 heteroatoms. The first-order valence-corrected chi connectivity index (χ1v) is 16.6. The van der Waals surface area contributed by atoms with E-state index in [1.54, 1.807) is 7.11 Å².